The highest BCUT2D eigenvalue weighted by Crippen LogP contribution is 2.15. The summed E-state index contributed by atoms with van der Waals surface area (Å²) in [7, 11) is 0. The molecular weight excluding hydrogens is 452 g/mol. The number of hydrogen-bond acceptors (Lipinski definition) is 5. The Bertz CT molecular complexity index is 493. The molecule has 36 heavy (non-hydrogen) atoms. The Labute approximate surface area is 223 Å². The predicted molar refractivity (Wildman–Crippen MR) is 150 cm³/mol. The molecule has 0 rings (SSSR count). The highest BCUT2D eigenvalue weighted by molar-refractivity contribution is 5.70. The van der Waals surface area contributed by atoms with Crippen molar-refractivity contribution >= 4 is 11.9 Å². The van der Waals surface area contributed by atoms with E-state index in [9.17, 15) is 14.7 Å². The van der Waals surface area contributed by atoms with Crippen LogP contribution in [0.5, 0.6) is 0 Å². The van der Waals surface area contributed by atoms with Gasteiger partial charge in [-0.05, 0) is 18.8 Å². The summed E-state index contributed by atoms with van der Waals surface area (Å²) in [5, 5.41) is 9.46. The quantitative estimate of drug-likeness (QED) is 0.0880. The minimum Gasteiger partial charge on any atom is -0.462 e. The summed E-state index contributed by atoms with van der Waals surface area (Å²) in [5.74, 6) is 0.237. The first-order valence-corrected chi connectivity index (χ1v) is 15.5. The molecular formula is C31H60O5. The zero-order chi connectivity index (χ0) is 26.7. The van der Waals surface area contributed by atoms with Crippen molar-refractivity contribution in [3.05, 3.63) is 0 Å². The molecule has 0 aromatic carbocycles. The second-order valence-electron chi connectivity index (χ2n) is 10.8. The van der Waals surface area contributed by atoms with Gasteiger partial charge in [0, 0.05) is 12.8 Å². The van der Waals surface area contributed by atoms with E-state index in [2.05, 4.69) is 20.8 Å². The topological polar surface area (TPSA) is 72.8 Å². The normalized spacial score (nSPS) is 12.9. The van der Waals surface area contributed by atoms with Crippen molar-refractivity contribution in [3.8, 4) is 0 Å². The third-order valence-electron chi connectivity index (χ3n) is 7.19. The van der Waals surface area contributed by atoms with E-state index in [1.165, 1.54) is 89.9 Å². The zero-order valence-electron chi connectivity index (χ0n) is 24.2. The summed E-state index contributed by atoms with van der Waals surface area (Å²) < 4.78 is 10.5. The molecule has 214 valence electrons. The van der Waals surface area contributed by atoms with Gasteiger partial charge in [-0.15, -0.1) is 0 Å². The first-order chi connectivity index (χ1) is 17.5. The molecule has 5 nitrogen and oxygen atoms in total. The Morgan fingerprint density at radius 3 is 1.56 bits per heavy atom. The lowest BCUT2D eigenvalue weighted by atomic mass is 10.00. The molecule has 0 aliphatic heterocycles. The number of unbranched alkanes of at least 4 members (excludes halogenated alkanes) is 16. The average Bonchev–Trinajstić information content (AvgIpc) is 2.88. The molecule has 1 N–H and O–H groups in total. The Balaban J connectivity index is 3.59. The van der Waals surface area contributed by atoms with Crippen molar-refractivity contribution in [2.24, 2.45) is 5.92 Å². The second-order valence-corrected chi connectivity index (χ2v) is 10.8. The summed E-state index contributed by atoms with van der Waals surface area (Å²) >= 11 is 0. The first-order valence-electron chi connectivity index (χ1n) is 15.5. The number of rotatable bonds is 27. The van der Waals surface area contributed by atoms with Crippen LogP contribution in [0.25, 0.3) is 0 Å². The monoisotopic (exact) mass is 512 g/mol. The third-order valence-corrected chi connectivity index (χ3v) is 7.19. The van der Waals surface area contributed by atoms with Crippen LogP contribution in [0, 0.1) is 5.92 Å². The number of hydrogen-bond donors (Lipinski definition) is 1. The van der Waals surface area contributed by atoms with Crippen LogP contribution in [0.3, 0.4) is 0 Å². The highest BCUT2D eigenvalue weighted by atomic mass is 16.6. The maximum absolute atomic E-state index is 12.0. The van der Waals surface area contributed by atoms with Gasteiger partial charge in [0.2, 0.25) is 0 Å². The lowest BCUT2D eigenvalue weighted by Gasteiger charge is -2.15. The van der Waals surface area contributed by atoms with Gasteiger partial charge in [-0.25, -0.2) is 0 Å². The lowest BCUT2D eigenvalue weighted by molar-refractivity contribution is -0.161. The van der Waals surface area contributed by atoms with E-state index in [0.29, 0.717) is 12.8 Å². The minimum absolute atomic E-state index is 0.0600. The lowest BCUT2D eigenvalue weighted by Crippen LogP contribution is -2.28. The minimum atomic E-state index is -0.760. The van der Waals surface area contributed by atoms with E-state index in [-0.39, 0.29) is 25.2 Å². The van der Waals surface area contributed by atoms with Crippen molar-refractivity contribution in [1.82, 2.24) is 0 Å². The molecule has 0 bridgehead atoms. The number of aliphatic hydroxyl groups is 1. The van der Waals surface area contributed by atoms with Gasteiger partial charge in [0.15, 0.2) is 6.10 Å². The van der Waals surface area contributed by atoms with Gasteiger partial charge in [0.25, 0.3) is 0 Å². The maximum Gasteiger partial charge on any atom is 0.306 e. The summed E-state index contributed by atoms with van der Waals surface area (Å²) in [6.45, 7) is 6.42. The molecule has 0 aliphatic rings. The Morgan fingerprint density at radius 1 is 0.639 bits per heavy atom. The molecule has 2 atom stereocenters. The average molecular weight is 513 g/mol. The highest BCUT2D eigenvalue weighted by Gasteiger charge is 2.16. The molecule has 5 heteroatoms. The molecule has 0 spiro atoms. The van der Waals surface area contributed by atoms with E-state index in [4.69, 9.17) is 9.47 Å². The van der Waals surface area contributed by atoms with E-state index in [0.717, 1.165) is 44.4 Å². The van der Waals surface area contributed by atoms with Gasteiger partial charge >= 0.3 is 11.9 Å². The molecule has 0 saturated heterocycles. The van der Waals surface area contributed by atoms with Gasteiger partial charge in [0.1, 0.15) is 6.61 Å². The van der Waals surface area contributed by atoms with Crippen molar-refractivity contribution in [1.29, 1.82) is 0 Å². The second kappa shape index (κ2) is 26.9. The van der Waals surface area contributed by atoms with Gasteiger partial charge in [-0.3, -0.25) is 9.59 Å². The van der Waals surface area contributed by atoms with Crippen LogP contribution in [0.15, 0.2) is 0 Å². The number of esters is 2. The number of carbonyl (C=O) groups excluding carboxylic acids is 2. The smallest absolute Gasteiger partial charge is 0.306 e. The van der Waals surface area contributed by atoms with Crippen LogP contribution in [-0.2, 0) is 19.1 Å². The molecule has 0 aliphatic carbocycles. The Kier molecular flexibility index (Phi) is 26.1. The fourth-order valence-corrected chi connectivity index (χ4v) is 4.41. The van der Waals surface area contributed by atoms with Gasteiger partial charge in [-0.1, -0.05) is 136 Å². The van der Waals surface area contributed by atoms with E-state index >= 15 is 0 Å². The number of ether oxygens (including phenoxy) is 2. The van der Waals surface area contributed by atoms with Crippen LogP contribution in [0.2, 0.25) is 0 Å². The van der Waals surface area contributed by atoms with Crippen molar-refractivity contribution in [2.45, 2.75) is 168 Å². The molecule has 0 saturated carbocycles. The summed E-state index contributed by atoms with van der Waals surface area (Å²) in [5.41, 5.74) is 0. The predicted octanol–water partition coefficient (Wildman–Crippen LogP) is 8.69. The molecule has 0 aromatic heterocycles. The van der Waals surface area contributed by atoms with Gasteiger partial charge in [-0.2, -0.15) is 0 Å². The van der Waals surface area contributed by atoms with Crippen molar-refractivity contribution < 1.29 is 24.2 Å². The molecule has 0 amide bonds. The zero-order valence-corrected chi connectivity index (χ0v) is 24.2. The molecule has 1 unspecified atom stereocenters. The van der Waals surface area contributed by atoms with Crippen molar-refractivity contribution in [3.63, 3.8) is 0 Å². The fraction of sp³-hybridized carbons (Fsp3) is 0.935. The maximum atomic E-state index is 12.0. The van der Waals surface area contributed by atoms with Crippen LogP contribution in [0.1, 0.15) is 162 Å². The standard InChI is InChI=1S/C31H60O5/c1-4-6-7-8-9-10-11-12-13-14-18-21-24-30(33)35-27-29(26-32)36-31(34)25-22-19-16-15-17-20-23-28(3)5-2/h28-29,32H,4-27H2,1-3H3/t28?,29-/m0/s1. The SMILES string of the molecule is CCCCCCCCCCCCCCC(=O)OC[C@H](CO)OC(=O)CCCCCCCCC(C)CC. The largest absolute Gasteiger partial charge is 0.462 e. The third kappa shape index (κ3) is 24.6. The summed E-state index contributed by atoms with van der Waals surface area (Å²) in [6, 6.07) is 0. The molecule has 0 heterocycles. The van der Waals surface area contributed by atoms with Gasteiger partial charge in [0.05, 0.1) is 6.61 Å². The molecule has 0 radical (unpaired) electrons. The van der Waals surface area contributed by atoms with Crippen LogP contribution in [0.4, 0.5) is 0 Å². The van der Waals surface area contributed by atoms with E-state index in [1.54, 1.807) is 0 Å². The summed E-state index contributed by atoms with van der Waals surface area (Å²) in [6.07, 6.45) is 24.4. The van der Waals surface area contributed by atoms with Crippen LogP contribution < -0.4 is 0 Å². The first kappa shape index (κ1) is 34.9. The summed E-state index contributed by atoms with van der Waals surface area (Å²) in [4.78, 5) is 24.0. The Hall–Kier alpha value is -1.10. The van der Waals surface area contributed by atoms with E-state index in [1.807, 2.05) is 0 Å². The van der Waals surface area contributed by atoms with Gasteiger partial charge < -0.3 is 14.6 Å². The fourth-order valence-electron chi connectivity index (χ4n) is 4.41. The Morgan fingerprint density at radius 2 is 1.08 bits per heavy atom. The van der Waals surface area contributed by atoms with Crippen LogP contribution in [-0.4, -0.2) is 36.4 Å². The number of carbonyl (C=O) groups is 2. The molecule has 0 fully saturated rings. The number of aliphatic hydroxyl groups excluding tert-OH is 1. The molecule has 0 aromatic rings. The van der Waals surface area contributed by atoms with E-state index < -0.39 is 6.10 Å². The van der Waals surface area contributed by atoms with Crippen molar-refractivity contribution in [2.75, 3.05) is 13.2 Å². The van der Waals surface area contributed by atoms with Crippen LogP contribution >= 0.6 is 0 Å².